The normalized spacial score (nSPS) is 13.5. The van der Waals surface area contributed by atoms with Gasteiger partial charge in [-0.1, -0.05) is 24.7 Å². The summed E-state index contributed by atoms with van der Waals surface area (Å²) >= 11 is 6.40. The molecule has 1 N–H and O–H groups in total. The summed E-state index contributed by atoms with van der Waals surface area (Å²) in [4.78, 5) is 8.37. The van der Waals surface area contributed by atoms with Gasteiger partial charge in [0.1, 0.15) is 24.7 Å². The van der Waals surface area contributed by atoms with Gasteiger partial charge in [-0.15, -0.1) is 0 Å². The summed E-state index contributed by atoms with van der Waals surface area (Å²) in [5.74, 6) is -2.12. The van der Waals surface area contributed by atoms with Gasteiger partial charge in [-0.2, -0.15) is 0 Å². The van der Waals surface area contributed by atoms with Crippen molar-refractivity contribution in [2.75, 3.05) is 25.1 Å². The van der Waals surface area contributed by atoms with E-state index < -0.39 is 26.2 Å². The summed E-state index contributed by atoms with van der Waals surface area (Å²) in [5, 5.41) is 3.53. The van der Waals surface area contributed by atoms with Crippen molar-refractivity contribution in [1.82, 2.24) is 9.55 Å². The molecule has 4 rings (SSSR count). The quantitative estimate of drug-likeness (QED) is 0.362. The minimum Gasteiger partial charge on any atom is -0.463 e. The number of anilines is 1. The summed E-state index contributed by atoms with van der Waals surface area (Å²) < 4.78 is 47.7. The number of rotatable bonds is 8. The average molecular weight is 481 g/mol. The highest BCUT2D eigenvalue weighted by Gasteiger charge is 2.19. The lowest BCUT2D eigenvalue weighted by Crippen LogP contribution is -2.12. The molecule has 0 aliphatic carbocycles. The van der Waals surface area contributed by atoms with Gasteiger partial charge in [0.15, 0.2) is 17.4 Å². The number of aliphatic imine (C=N–C) groups is 1. The molecule has 170 valence electrons. The molecule has 32 heavy (non-hydrogen) atoms. The molecular weight excluding hydrogens is 458 g/mol. The van der Waals surface area contributed by atoms with Crippen LogP contribution in [0.1, 0.15) is 0 Å². The Morgan fingerprint density at radius 1 is 1.28 bits per heavy atom. The van der Waals surface area contributed by atoms with Gasteiger partial charge in [0.05, 0.1) is 17.0 Å². The van der Waals surface area contributed by atoms with Crippen molar-refractivity contribution in [2.45, 2.75) is 25.9 Å². The van der Waals surface area contributed by atoms with Crippen molar-refractivity contribution in [3.05, 3.63) is 47.2 Å². The molecule has 3 heterocycles. The first-order valence-electron chi connectivity index (χ1n) is 10.2. The van der Waals surface area contributed by atoms with E-state index in [1.807, 2.05) is 0 Å². The van der Waals surface area contributed by atoms with Crippen molar-refractivity contribution < 1.29 is 23.0 Å². The number of ether oxygens (including phenoxy) is 3. The molecule has 0 saturated carbocycles. The second-order valence-corrected chi connectivity index (χ2v) is 11.5. The second-order valence-electron chi connectivity index (χ2n) is 7.71. The molecule has 0 radical (unpaired) electrons. The van der Waals surface area contributed by atoms with Gasteiger partial charge in [0, 0.05) is 45.6 Å². The summed E-state index contributed by atoms with van der Waals surface area (Å²) in [5.41, 5.74) is 0.670. The zero-order valence-corrected chi connectivity index (χ0v) is 19.6. The fourth-order valence-corrected chi connectivity index (χ4v) is 4.11. The van der Waals surface area contributed by atoms with Crippen LogP contribution in [0, 0.1) is 11.6 Å². The van der Waals surface area contributed by atoms with E-state index in [0.29, 0.717) is 35.8 Å². The predicted molar refractivity (Wildman–Crippen MR) is 123 cm³/mol. The highest BCUT2D eigenvalue weighted by molar-refractivity contribution is 6.55. The second kappa shape index (κ2) is 9.84. The highest BCUT2D eigenvalue weighted by Crippen LogP contribution is 2.37. The Labute approximate surface area is 190 Å². The molecule has 7 nitrogen and oxygen atoms in total. The molecule has 0 atom stereocenters. The molecule has 0 amide bonds. The van der Waals surface area contributed by atoms with Crippen LogP contribution in [0.25, 0.3) is 11.0 Å². The third kappa shape index (κ3) is 5.03. The summed E-state index contributed by atoms with van der Waals surface area (Å²) in [7, 11) is -0.696. The molecule has 3 aromatic rings. The third-order valence-electron chi connectivity index (χ3n) is 4.79. The molecular formula is C21H23ClF2N4O3Si. The fourth-order valence-electron chi connectivity index (χ4n) is 3.18. The van der Waals surface area contributed by atoms with E-state index in [0.717, 1.165) is 18.2 Å². The van der Waals surface area contributed by atoms with Crippen LogP contribution in [-0.2, 0) is 16.2 Å². The topological polar surface area (TPSA) is 69.9 Å². The fraction of sp³-hybridized carbons (Fsp3) is 0.333. The molecule has 11 heteroatoms. The lowest BCUT2D eigenvalue weighted by atomic mass is 10.2. The monoisotopic (exact) mass is 480 g/mol. The van der Waals surface area contributed by atoms with Crippen LogP contribution in [0.5, 0.6) is 11.5 Å². The van der Waals surface area contributed by atoms with E-state index in [9.17, 15) is 8.78 Å². The maximum atomic E-state index is 14.7. The molecule has 0 bridgehead atoms. The van der Waals surface area contributed by atoms with Crippen LogP contribution in [0.3, 0.4) is 0 Å². The number of fused-ring (bicyclic) bond motifs is 1. The smallest absolute Gasteiger partial charge is 0.289 e. The molecule has 0 fully saturated rings. The van der Waals surface area contributed by atoms with Crippen molar-refractivity contribution in [3.8, 4) is 11.5 Å². The average Bonchev–Trinajstić information content (AvgIpc) is 3.36. The maximum Gasteiger partial charge on any atom is 0.289 e. The number of benzene rings is 1. The molecule has 0 spiro atoms. The Kier molecular flexibility index (Phi) is 6.92. The highest BCUT2D eigenvalue weighted by atomic mass is 35.5. The van der Waals surface area contributed by atoms with Crippen molar-refractivity contribution >= 4 is 43.1 Å². The van der Waals surface area contributed by atoms with Crippen LogP contribution >= 0.6 is 11.6 Å². The van der Waals surface area contributed by atoms with Crippen molar-refractivity contribution in [2.24, 2.45) is 4.99 Å². The van der Waals surface area contributed by atoms with Gasteiger partial charge in [0.2, 0.25) is 0 Å². The summed E-state index contributed by atoms with van der Waals surface area (Å²) in [6.45, 7) is 6.37. The van der Waals surface area contributed by atoms with E-state index in [-0.39, 0.29) is 24.2 Å². The first kappa shape index (κ1) is 22.5. The zero-order valence-electron chi connectivity index (χ0n) is 17.7. The molecule has 0 saturated heterocycles. The van der Waals surface area contributed by atoms with Gasteiger partial charge in [-0.05, 0) is 12.1 Å². The minimum absolute atomic E-state index is 0.165. The first-order chi connectivity index (χ1) is 15.4. The Morgan fingerprint density at radius 3 is 2.75 bits per heavy atom. The molecule has 2 aromatic heterocycles. The van der Waals surface area contributed by atoms with Crippen LogP contribution < -0.4 is 10.1 Å². The van der Waals surface area contributed by atoms with E-state index in [2.05, 4.69) is 28.4 Å². The SMILES string of the molecule is C[SiH](C)CCOCn1cc(Cl)c2c(Oc3c(F)cc(NC4=NCCO4)cc3F)ccnc21. The standard InChI is InChI=1S/C21H23ClF2N4O3Si/c1-32(2)8-7-29-12-28-11-14(22)18-17(3-4-25-20(18)28)31-19-15(23)9-13(10-16(19)24)27-21-26-5-6-30-21/h3-4,9-11,32H,5-8,12H2,1-2H3,(H,26,27). The number of nitrogens with zero attached hydrogens (tertiary/aromatic N) is 3. The largest absolute Gasteiger partial charge is 0.463 e. The van der Waals surface area contributed by atoms with Crippen LogP contribution in [0.2, 0.25) is 24.2 Å². The first-order valence-corrected chi connectivity index (χ1v) is 13.7. The minimum atomic E-state index is -0.882. The number of amidine groups is 1. The number of hydrogen-bond donors (Lipinski definition) is 1. The van der Waals surface area contributed by atoms with Gasteiger partial charge in [0.25, 0.3) is 6.02 Å². The maximum absolute atomic E-state index is 14.7. The lowest BCUT2D eigenvalue weighted by Gasteiger charge is -2.12. The van der Waals surface area contributed by atoms with E-state index >= 15 is 0 Å². The number of hydrogen-bond acceptors (Lipinski definition) is 6. The number of nitrogens with one attached hydrogen (secondary N) is 1. The van der Waals surface area contributed by atoms with Gasteiger partial charge in [-0.25, -0.2) is 18.8 Å². The third-order valence-corrected chi connectivity index (χ3v) is 6.47. The Bertz CT molecular complexity index is 1130. The zero-order chi connectivity index (χ0) is 22.7. The van der Waals surface area contributed by atoms with Crippen LogP contribution in [0.15, 0.2) is 35.6 Å². The van der Waals surface area contributed by atoms with E-state index in [4.69, 9.17) is 25.8 Å². The van der Waals surface area contributed by atoms with Gasteiger partial charge < -0.3 is 24.1 Å². The summed E-state index contributed by atoms with van der Waals surface area (Å²) in [6, 6.07) is 5.02. The van der Waals surface area contributed by atoms with Crippen molar-refractivity contribution in [3.63, 3.8) is 0 Å². The number of pyridine rings is 1. The van der Waals surface area contributed by atoms with Crippen LogP contribution in [-0.4, -0.2) is 44.1 Å². The predicted octanol–water partition coefficient (Wildman–Crippen LogP) is 5.02. The lowest BCUT2D eigenvalue weighted by molar-refractivity contribution is 0.0902. The van der Waals surface area contributed by atoms with Gasteiger partial charge >= 0.3 is 0 Å². The summed E-state index contributed by atoms with van der Waals surface area (Å²) in [6.07, 6.45) is 3.16. The Hall–Kier alpha value is -2.69. The number of aromatic nitrogens is 2. The Morgan fingerprint density at radius 2 is 2.06 bits per heavy atom. The van der Waals surface area contributed by atoms with E-state index in [1.54, 1.807) is 10.8 Å². The molecule has 1 aromatic carbocycles. The molecule has 0 unspecified atom stereocenters. The molecule has 1 aliphatic rings. The van der Waals surface area contributed by atoms with Crippen molar-refractivity contribution in [1.29, 1.82) is 0 Å². The van der Waals surface area contributed by atoms with E-state index in [1.165, 1.54) is 12.3 Å². The molecule has 1 aliphatic heterocycles. The van der Waals surface area contributed by atoms with Crippen LogP contribution in [0.4, 0.5) is 14.5 Å². The Balaban J connectivity index is 1.56. The van der Waals surface area contributed by atoms with Gasteiger partial charge in [-0.3, -0.25) is 0 Å². The number of halogens is 3.